The number of halogens is 1. The van der Waals surface area contributed by atoms with Crippen LogP contribution in [0.1, 0.15) is 21.5 Å². The number of benzene rings is 2. The topological polar surface area (TPSA) is 71.5 Å². The quantitative estimate of drug-likeness (QED) is 0.680. The van der Waals surface area contributed by atoms with Gasteiger partial charge in [-0.05, 0) is 24.3 Å². The van der Waals surface area contributed by atoms with Crippen molar-refractivity contribution >= 4 is 17.5 Å². The molecule has 0 saturated carbocycles. The minimum Gasteiger partial charge on any atom is -0.439 e. The molecular formula is C23H18FN3O3. The fraction of sp³-hybridized carbons (Fsp3) is 0.0870. The van der Waals surface area contributed by atoms with Crippen molar-refractivity contribution in [3.63, 3.8) is 0 Å². The molecule has 0 spiro atoms. The standard InChI is InChI=1S/C23H18FN3O3/c1-15-19-9-2-3-10-20(19)23(29)27(15)14-21(28)26-13-16-6-5-11-25-22(16)30-18-8-4-7-17(24)12-18/h2-12H,1,13-14H2,(H,26,28). The highest BCUT2D eigenvalue weighted by Gasteiger charge is 2.31. The van der Waals surface area contributed by atoms with Gasteiger partial charge in [-0.1, -0.05) is 36.9 Å². The zero-order valence-electron chi connectivity index (χ0n) is 16.0. The summed E-state index contributed by atoms with van der Waals surface area (Å²) in [6.45, 7) is 3.92. The fourth-order valence-corrected chi connectivity index (χ4v) is 3.19. The number of nitrogens with zero attached hydrogens (tertiary/aromatic N) is 2. The lowest BCUT2D eigenvalue weighted by molar-refractivity contribution is -0.121. The van der Waals surface area contributed by atoms with E-state index >= 15 is 0 Å². The number of carbonyl (C=O) groups is 2. The Kier molecular flexibility index (Phi) is 5.26. The van der Waals surface area contributed by atoms with Crippen molar-refractivity contribution in [3.8, 4) is 11.6 Å². The fourth-order valence-electron chi connectivity index (χ4n) is 3.19. The summed E-state index contributed by atoms with van der Waals surface area (Å²) in [6.07, 6.45) is 1.55. The van der Waals surface area contributed by atoms with Crippen LogP contribution in [-0.4, -0.2) is 28.2 Å². The van der Waals surface area contributed by atoms with Gasteiger partial charge in [0.05, 0.1) is 0 Å². The maximum absolute atomic E-state index is 13.4. The molecule has 0 atom stereocenters. The van der Waals surface area contributed by atoms with E-state index in [2.05, 4.69) is 16.9 Å². The molecule has 0 saturated heterocycles. The molecule has 6 nitrogen and oxygen atoms in total. The highest BCUT2D eigenvalue weighted by molar-refractivity contribution is 6.10. The maximum Gasteiger partial charge on any atom is 0.259 e. The largest absolute Gasteiger partial charge is 0.439 e. The Bertz CT molecular complexity index is 1110. The van der Waals surface area contributed by atoms with Gasteiger partial charge in [-0.3, -0.25) is 14.5 Å². The van der Waals surface area contributed by atoms with Crippen molar-refractivity contribution < 1.29 is 18.7 Å². The molecule has 0 fully saturated rings. The SMILES string of the molecule is C=C1c2ccccc2C(=O)N1CC(=O)NCc1cccnc1Oc1cccc(F)c1. The second-order valence-electron chi connectivity index (χ2n) is 6.69. The van der Waals surface area contributed by atoms with Crippen molar-refractivity contribution in [2.75, 3.05) is 6.54 Å². The zero-order valence-corrected chi connectivity index (χ0v) is 16.0. The molecule has 0 bridgehead atoms. The van der Waals surface area contributed by atoms with Crippen molar-refractivity contribution in [2.24, 2.45) is 0 Å². The lowest BCUT2D eigenvalue weighted by atomic mass is 10.1. The van der Waals surface area contributed by atoms with Gasteiger partial charge >= 0.3 is 0 Å². The number of ether oxygens (including phenoxy) is 1. The van der Waals surface area contributed by atoms with E-state index in [0.717, 1.165) is 5.56 Å². The van der Waals surface area contributed by atoms with E-state index in [9.17, 15) is 14.0 Å². The first-order valence-electron chi connectivity index (χ1n) is 9.27. The number of amides is 2. The number of nitrogens with one attached hydrogen (secondary N) is 1. The number of rotatable bonds is 6. The van der Waals surface area contributed by atoms with Gasteiger partial charge in [-0.15, -0.1) is 0 Å². The summed E-state index contributed by atoms with van der Waals surface area (Å²) in [6, 6.07) is 16.3. The Morgan fingerprint density at radius 1 is 1.10 bits per heavy atom. The van der Waals surface area contributed by atoms with Crippen LogP contribution in [0.15, 0.2) is 73.4 Å². The summed E-state index contributed by atoms with van der Waals surface area (Å²) in [4.78, 5) is 30.5. The van der Waals surface area contributed by atoms with E-state index in [1.54, 1.807) is 42.6 Å². The second kappa shape index (κ2) is 8.16. The van der Waals surface area contributed by atoms with Gasteiger partial charge in [0.1, 0.15) is 18.1 Å². The molecule has 3 aromatic rings. The third-order valence-electron chi connectivity index (χ3n) is 4.68. The first-order valence-corrected chi connectivity index (χ1v) is 9.27. The van der Waals surface area contributed by atoms with E-state index < -0.39 is 5.82 Å². The lowest BCUT2D eigenvalue weighted by Gasteiger charge is -2.17. The minimum atomic E-state index is -0.421. The highest BCUT2D eigenvalue weighted by atomic mass is 19.1. The molecule has 2 heterocycles. The van der Waals surface area contributed by atoms with Gasteiger partial charge in [0.2, 0.25) is 11.8 Å². The zero-order chi connectivity index (χ0) is 21.1. The van der Waals surface area contributed by atoms with Gasteiger partial charge < -0.3 is 10.1 Å². The first-order chi connectivity index (χ1) is 14.5. The van der Waals surface area contributed by atoms with Crippen LogP contribution in [0.2, 0.25) is 0 Å². The smallest absolute Gasteiger partial charge is 0.259 e. The number of fused-ring (bicyclic) bond motifs is 1. The van der Waals surface area contributed by atoms with Gasteiger partial charge in [0.15, 0.2) is 0 Å². The predicted octanol–water partition coefficient (Wildman–Crippen LogP) is 3.76. The van der Waals surface area contributed by atoms with Gasteiger partial charge in [-0.25, -0.2) is 9.37 Å². The van der Waals surface area contributed by atoms with Crippen LogP contribution >= 0.6 is 0 Å². The van der Waals surface area contributed by atoms with Gasteiger partial charge in [0, 0.05) is 41.2 Å². The van der Waals surface area contributed by atoms with Crippen molar-refractivity contribution in [3.05, 3.63) is 95.9 Å². The Balaban J connectivity index is 1.40. The minimum absolute atomic E-state index is 0.138. The highest BCUT2D eigenvalue weighted by Crippen LogP contribution is 2.30. The number of pyridine rings is 1. The van der Waals surface area contributed by atoms with E-state index in [1.165, 1.54) is 23.1 Å². The third kappa shape index (κ3) is 3.91. The normalized spacial score (nSPS) is 12.6. The molecule has 2 aromatic carbocycles. The van der Waals surface area contributed by atoms with E-state index in [4.69, 9.17) is 4.74 Å². The van der Waals surface area contributed by atoms with Crippen molar-refractivity contribution in [2.45, 2.75) is 6.54 Å². The number of carbonyl (C=O) groups excluding carboxylic acids is 2. The van der Waals surface area contributed by atoms with Crippen LogP contribution in [-0.2, 0) is 11.3 Å². The first kappa shape index (κ1) is 19.3. The molecule has 7 heteroatoms. The monoisotopic (exact) mass is 403 g/mol. The molecule has 1 aliphatic rings. The summed E-state index contributed by atoms with van der Waals surface area (Å²) >= 11 is 0. The Labute approximate surface area is 172 Å². The summed E-state index contributed by atoms with van der Waals surface area (Å²) in [5.74, 6) is -0.453. The molecule has 150 valence electrons. The Morgan fingerprint density at radius 3 is 2.67 bits per heavy atom. The summed E-state index contributed by atoms with van der Waals surface area (Å²) < 4.78 is 19.0. The van der Waals surface area contributed by atoms with Gasteiger partial charge in [0.25, 0.3) is 5.91 Å². The summed E-state index contributed by atoms with van der Waals surface area (Å²) in [7, 11) is 0. The van der Waals surface area contributed by atoms with Crippen LogP contribution in [0.3, 0.4) is 0 Å². The molecule has 2 amide bonds. The number of aromatic nitrogens is 1. The molecule has 0 radical (unpaired) electrons. The van der Waals surface area contributed by atoms with Crippen molar-refractivity contribution in [1.82, 2.24) is 15.2 Å². The average molecular weight is 403 g/mol. The lowest BCUT2D eigenvalue weighted by Crippen LogP contribution is -2.36. The number of hydrogen-bond acceptors (Lipinski definition) is 4. The van der Waals surface area contributed by atoms with E-state index in [0.29, 0.717) is 22.6 Å². The molecular weight excluding hydrogens is 385 g/mol. The van der Waals surface area contributed by atoms with Crippen molar-refractivity contribution in [1.29, 1.82) is 0 Å². The molecule has 0 aliphatic carbocycles. The van der Waals surface area contributed by atoms with Crippen LogP contribution in [0, 0.1) is 5.82 Å². The van der Waals surface area contributed by atoms with Crippen LogP contribution < -0.4 is 10.1 Å². The molecule has 4 rings (SSSR count). The van der Waals surface area contributed by atoms with Crippen LogP contribution in [0.25, 0.3) is 5.70 Å². The maximum atomic E-state index is 13.4. The number of hydrogen-bond donors (Lipinski definition) is 1. The summed E-state index contributed by atoms with van der Waals surface area (Å²) in [5.41, 5.74) is 2.38. The molecule has 30 heavy (non-hydrogen) atoms. The summed E-state index contributed by atoms with van der Waals surface area (Å²) in [5, 5.41) is 2.76. The molecule has 1 N–H and O–H groups in total. The second-order valence-corrected chi connectivity index (χ2v) is 6.69. The van der Waals surface area contributed by atoms with Crippen LogP contribution in [0.5, 0.6) is 11.6 Å². The van der Waals surface area contributed by atoms with Gasteiger partial charge in [-0.2, -0.15) is 0 Å². The Hall–Kier alpha value is -4.00. The third-order valence-corrected chi connectivity index (χ3v) is 4.68. The van der Waals surface area contributed by atoms with E-state index in [1.807, 2.05) is 6.07 Å². The van der Waals surface area contributed by atoms with E-state index in [-0.39, 0.29) is 30.8 Å². The molecule has 1 aliphatic heterocycles. The molecule has 1 aromatic heterocycles. The molecule has 0 unspecified atom stereocenters. The average Bonchev–Trinajstić information content (AvgIpc) is 2.98. The Morgan fingerprint density at radius 2 is 1.90 bits per heavy atom. The predicted molar refractivity (Wildman–Crippen MR) is 109 cm³/mol. The van der Waals surface area contributed by atoms with Crippen LogP contribution in [0.4, 0.5) is 4.39 Å².